The first-order valence-corrected chi connectivity index (χ1v) is 9.90. The molecule has 140 valence electrons. The van der Waals surface area contributed by atoms with Crippen LogP contribution in [0.25, 0.3) is 0 Å². The van der Waals surface area contributed by atoms with Crippen LogP contribution >= 0.6 is 22.9 Å². The molecule has 0 radical (unpaired) electrons. The minimum Gasteiger partial charge on any atom is -0.497 e. The van der Waals surface area contributed by atoms with E-state index in [0.717, 1.165) is 53.8 Å². The molecule has 1 atom stereocenters. The van der Waals surface area contributed by atoms with Gasteiger partial charge in [0.15, 0.2) is 10.9 Å². The number of thiazole rings is 1. The van der Waals surface area contributed by atoms with Crippen molar-refractivity contribution in [2.75, 3.05) is 39.2 Å². The second kappa shape index (κ2) is 8.37. The normalized spacial score (nSPS) is 17.9. The number of likely N-dealkylation sites (tertiary alicyclic amines) is 1. The maximum Gasteiger partial charge on any atom is 0.186 e. The minimum absolute atomic E-state index is 0.0101. The van der Waals surface area contributed by atoms with Crippen molar-refractivity contribution in [1.29, 1.82) is 0 Å². The van der Waals surface area contributed by atoms with Crippen LogP contribution in [0.1, 0.15) is 28.1 Å². The number of piperidine rings is 1. The van der Waals surface area contributed by atoms with Gasteiger partial charge in [0.05, 0.1) is 12.0 Å². The number of methoxy groups -OCH3 is 1. The molecule has 0 aliphatic carbocycles. The van der Waals surface area contributed by atoms with E-state index >= 15 is 0 Å². The van der Waals surface area contributed by atoms with Crippen LogP contribution < -0.4 is 9.64 Å². The van der Waals surface area contributed by atoms with Gasteiger partial charge in [0, 0.05) is 38.7 Å². The molecule has 26 heavy (non-hydrogen) atoms. The molecule has 1 saturated heterocycles. The van der Waals surface area contributed by atoms with Gasteiger partial charge in [-0.3, -0.25) is 9.69 Å². The SMILES string of the molecule is COc1cccc(C(=O)C2CCCN(Cc3sc(N(C)C)nc3Cl)C2)c1. The van der Waals surface area contributed by atoms with Gasteiger partial charge in [0.1, 0.15) is 10.9 Å². The Kier molecular flexibility index (Phi) is 6.16. The molecule has 5 nitrogen and oxygen atoms in total. The summed E-state index contributed by atoms with van der Waals surface area (Å²) in [5.41, 5.74) is 0.724. The summed E-state index contributed by atoms with van der Waals surface area (Å²) in [5.74, 6) is 0.921. The molecule has 0 N–H and O–H groups in total. The lowest BCUT2D eigenvalue weighted by molar-refractivity contribution is 0.0812. The molecule has 1 aromatic heterocycles. The van der Waals surface area contributed by atoms with E-state index in [1.54, 1.807) is 18.4 Å². The molecule has 0 amide bonds. The molecule has 1 unspecified atom stereocenters. The Morgan fingerprint density at radius 2 is 2.27 bits per heavy atom. The first-order chi connectivity index (χ1) is 12.5. The van der Waals surface area contributed by atoms with Gasteiger partial charge in [-0.25, -0.2) is 4.98 Å². The summed E-state index contributed by atoms with van der Waals surface area (Å²) in [6, 6.07) is 7.42. The lowest BCUT2D eigenvalue weighted by Crippen LogP contribution is -2.38. The van der Waals surface area contributed by atoms with E-state index in [2.05, 4.69) is 9.88 Å². The van der Waals surface area contributed by atoms with Crippen LogP contribution in [0.2, 0.25) is 5.15 Å². The first kappa shape index (κ1) is 19.1. The Balaban J connectivity index is 1.68. The van der Waals surface area contributed by atoms with Crippen LogP contribution in [0.3, 0.4) is 0 Å². The number of nitrogens with zero attached hydrogens (tertiary/aromatic N) is 3. The van der Waals surface area contributed by atoms with Crippen molar-refractivity contribution in [3.05, 3.63) is 39.9 Å². The standard InChI is InChI=1S/C19H24ClN3O2S/c1-22(2)19-21-18(20)16(26-19)12-23-9-5-7-14(11-23)17(24)13-6-4-8-15(10-13)25-3/h4,6,8,10,14H,5,7,9,11-12H2,1-3H3. The third-order valence-corrected chi connectivity index (χ3v) is 6.25. The third-order valence-electron chi connectivity index (χ3n) is 4.62. The zero-order valence-corrected chi connectivity index (χ0v) is 16.9. The van der Waals surface area contributed by atoms with Crippen LogP contribution in [-0.2, 0) is 6.54 Å². The largest absolute Gasteiger partial charge is 0.497 e. The predicted molar refractivity (Wildman–Crippen MR) is 107 cm³/mol. The van der Waals surface area contributed by atoms with E-state index in [1.165, 1.54) is 0 Å². The van der Waals surface area contributed by atoms with Crippen molar-refractivity contribution in [3.63, 3.8) is 0 Å². The van der Waals surface area contributed by atoms with Gasteiger partial charge in [-0.05, 0) is 31.5 Å². The van der Waals surface area contributed by atoms with Crippen molar-refractivity contribution < 1.29 is 9.53 Å². The molecule has 1 aromatic carbocycles. The van der Waals surface area contributed by atoms with Crippen LogP contribution in [-0.4, -0.2) is 50.0 Å². The number of hydrogen-bond acceptors (Lipinski definition) is 6. The molecular formula is C19H24ClN3O2S. The average molecular weight is 394 g/mol. The van der Waals surface area contributed by atoms with Crippen LogP contribution in [0.15, 0.2) is 24.3 Å². The van der Waals surface area contributed by atoms with Gasteiger partial charge >= 0.3 is 0 Å². The number of carbonyl (C=O) groups excluding carboxylic acids is 1. The summed E-state index contributed by atoms with van der Waals surface area (Å²) in [6.07, 6.45) is 1.93. The third kappa shape index (κ3) is 4.37. The predicted octanol–water partition coefficient (Wildman–Crippen LogP) is 3.97. The molecule has 1 aliphatic rings. The zero-order valence-electron chi connectivity index (χ0n) is 15.4. The zero-order chi connectivity index (χ0) is 18.7. The Bertz CT molecular complexity index is 778. The fraction of sp³-hybridized carbons (Fsp3) is 0.474. The Labute approximate surface area is 163 Å². The number of aromatic nitrogens is 1. The van der Waals surface area contributed by atoms with E-state index in [1.807, 2.05) is 43.3 Å². The maximum atomic E-state index is 12.9. The fourth-order valence-corrected chi connectivity index (χ4v) is 4.46. The minimum atomic E-state index is 0.0101. The van der Waals surface area contributed by atoms with Gasteiger partial charge in [-0.1, -0.05) is 35.1 Å². The number of ketones is 1. The highest BCUT2D eigenvalue weighted by Crippen LogP contribution is 2.31. The summed E-state index contributed by atoms with van der Waals surface area (Å²) < 4.78 is 5.24. The molecular weight excluding hydrogens is 370 g/mol. The molecule has 0 bridgehead atoms. The van der Waals surface area contributed by atoms with Crippen LogP contribution in [0, 0.1) is 5.92 Å². The van der Waals surface area contributed by atoms with Gasteiger partial charge in [0.2, 0.25) is 0 Å². The van der Waals surface area contributed by atoms with Gasteiger partial charge in [-0.2, -0.15) is 0 Å². The Morgan fingerprint density at radius 1 is 1.46 bits per heavy atom. The van der Waals surface area contributed by atoms with Gasteiger partial charge in [0.25, 0.3) is 0 Å². The molecule has 3 rings (SSSR count). The fourth-order valence-electron chi connectivity index (χ4n) is 3.24. The summed E-state index contributed by atoms with van der Waals surface area (Å²) >= 11 is 7.91. The molecule has 7 heteroatoms. The molecule has 2 aromatic rings. The smallest absolute Gasteiger partial charge is 0.186 e. The lowest BCUT2D eigenvalue weighted by atomic mass is 9.90. The highest BCUT2D eigenvalue weighted by atomic mass is 35.5. The Hall–Kier alpha value is -1.63. The molecule has 1 aliphatic heterocycles. The van der Waals surface area contributed by atoms with Crippen molar-refractivity contribution in [1.82, 2.24) is 9.88 Å². The number of hydrogen-bond donors (Lipinski definition) is 0. The maximum absolute atomic E-state index is 12.9. The number of benzene rings is 1. The summed E-state index contributed by atoms with van der Waals surface area (Å²) in [6.45, 7) is 2.47. The van der Waals surface area contributed by atoms with Crippen molar-refractivity contribution >= 4 is 33.9 Å². The number of anilines is 1. The van der Waals surface area contributed by atoms with E-state index in [9.17, 15) is 4.79 Å². The summed E-state index contributed by atoms with van der Waals surface area (Å²) in [4.78, 5) is 22.6. The van der Waals surface area contributed by atoms with E-state index in [0.29, 0.717) is 5.15 Å². The summed E-state index contributed by atoms with van der Waals surface area (Å²) in [7, 11) is 5.54. The van der Waals surface area contributed by atoms with E-state index in [-0.39, 0.29) is 11.7 Å². The van der Waals surface area contributed by atoms with Crippen LogP contribution in [0.4, 0.5) is 5.13 Å². The quantitative estimate of drug-likeness (QED) is 0.695. The van der Waals surface area contributed by atoms with Gasteiger partial charge < -0.3 is 9.64 Å². The second-order valence-corrected chi connectivity index (χ2v) is 8.20. The van der Waals surface area contributed by atoms with Crippen LogP contribution in [0.5, 0.6) is 5.75 Å². The average Bonchev–Trinajstić information content (AvgIpc) is 3.02. The molecule has 1 fully saturated rings. The van der Waals surface area contributed by atoms with E-state index < -0.39 is 0 Å². The first-order valence-electron chi connectivity index (χ1n) is 8.71. The van der Waals surface area contributed by atoms with Crippen molar-refractivity contribution in [2.24, 2.45) is 5.92 Å². The van der Waals surface area contributed by atoms with E-state index in [4.69, 9.17) is 16.3 Å². The summed E-state index contributed by atoms with van der Waals surface area (Å²) in [5, 5.41) is 1.48. The highest BCUT2D eigenvalue weighted by molar-refractivity contribution is 7.16. The number of ether oxygens (including phenoxy) is 1. The Morgan fingerprint density at radius 3 is 2.96 bits per heavy atom. The second-order valence-electron chi connectivity index (χ2n) is 6.78. The number of carbonyl (C=O) groups is 1. The van der Waals surface area contributed by atoms with Crippen molar-refractivity contribution in [2.45, 2.75) is 19.4 Å². The number of halogens is 1. The highest BCUT2D eigenvalue weighted by Gasteiger charge is 2.27. The topological polar surface area (TPSA) is 45.7 Å². The monoisotopic (exact) mass is 393 g/mol. The van der Waals surface area contributed by atoms with Gasteiger partial charge in [-0.15, -0.1) is 0 Å². The molecule has 2 heterocycles. The lowest BCUT2D eigenvalue weighted by Gasteiger charge is -2.31. The number of rotatable bonds is 6. The number of Topliss-reactive ketones (excluding diaryl/α,β-unsaturated/α-hetero) is 1. The molecule has 0 saturated carbocycles. The molecule has 0 spiro atoms. The van der Waals surface area contributed by atoms with Crippen molar-refractivity contribution in [3.8, 4) is 5.75 Å².